The number of nitrogens with zero attached hydrogens (tertiary/aromatic N) is 5. The van der Waals surface area contributed by atoms with Gasteiger partial charge in [0, 0.05) is 15.2 Å². The van der Waals surface area contributed by atoms with Crippen molar-refractivity contribution in [3.8, 4) is 11.5 Å². The molecule has 1 aromatic heterocycles. The summed E-state index contributed by atoms with van der Waals surface area (Å²) in [5.41, 5.74) is 0.300. The lowest BCUT2D eigenvalue weighted by Crippen LogP contribution is -2.22. The molecule has 2 aromatic carbocycles. The molecule has 0 bridgehead atoms. The summed E-state index contributed by atoms with van der Waals surface area (Å²) in [6, 6.07) is 8.39. The third-order valence-electron chi connectivity index (χ3n) is 4.38. The van der Waals surface area contributed by atoms with Gasteiger partial charge in [-0.15, -0.1) is 5.10 Å². The lowest BCUT2D eigenvalue weighted by atomic mass is 10.1. The van der Waals surface area contributed by atoms with E-state index in [0.29, 0.717) is 47.2 Å². The number of halogens is 2. The summed E-state index contributed by atoms with van der Waals surface area (Å²) in [7, 11) is 1.57. The van der Waals surface area contributed by atoms with E-state index in [1.54, 1.807) is 31.5 Å². The Labute approximate surface area is 174 Å². The van der Waals surface area contributed by atoms with E-state index in [4.69, 9.17) is 9.47 Å². The molecule has 0 radical (unpaired) electrons. The Hall–Kier alpha value is -3.01. The van der Waals surface area contributed by atoms with Gasteiger partial charge in [0.2, 0.25) is 0 Å². The molecule has 29 heavy (non-hydrogen) atoms. The smallest absolute Gasteiger partial charge is 0.161 e. The zero-order valence-corrected chi connectivity index (χ0v) is 17.2. The summed E-state index contributed by atoms with van der Waals surface area (Å²) in [5.74, 6) is 1.16. The first kappa shape index (κ1) is 19.3. The zero-order valence-electron chi connectivity index (χ0n) is 15.6. The van der Waals surface area contributed by atoms with Crippen molar-refractivity contribution in [2.75, 3.05) is 38.7 Å². The Morgan fingerprint density at radius 2 is 2.14 bits per heavy atom. The first-order chi connectivity index (χ1) is 14.1. The third kappa shape index (κ3) is 4.37. The van der Waals surface area contributed by atoms with Gasteiger partial charge in [0.25, 0.3) is 0 Å². The molecule has 1 N–H and O–H groups in total. The van der Waals surface area contributed by atoms with Crippen LogP contribution in [0.5, 0.6) is 11.5 Å². The van der Waals surface area contributed by atoms with Crippen LogP contribution in [0.4, 0.5) is 15.9 Å². The Bertz CT molecular complexity index is 1060. The molecule has 1 aliphatic heterocycles. The SMILES string of the molecule is COc1cc2c(Nc3ccc(Br)cc3F)nncc2cc1OCCN1CCN=N1. The Kier molecular flexibility index (Phi) is 5.70. The lowest BCUT2D eigenvalue weighted by molar-refractivity contribution is 0.222. The lowest BCUT2D eigenvalue weighted by Gasteiger charge is -2.16. The van der Waals surface area contributed by atoms with Crippen molar-refractivity contribution in [3.63, 3.8) is 0 Å². The summed E-state index contributed by atoms with van der Waals surface area (Å²) in [6.45, 7) is 2.59. The number of hydrogen-bond acceptors (Lipinski definition) is 8. The monoisotopic (exact) mass is 460 g/mol. The van der Waals surface area contributed by atoms with Crippen LogP contribution >= 0.6 is 15.9 Å². The molecule has 0 saturated carbocycles. The largest absolute Gasteiger partial charge is 0.493 e. The van der Waals surface area contributed by atoms with Crippen molar-refractivity contribution < 1.29 is 13.9 Å². The molecule has 0 saturated heterocycles. The van der Waals surface area contributed by atoms with Crippen molar-refractivity contribution in [3.05, 3.63) is 46.8 Å². The summed E-state index contributed by atoms with van der Waals surface area (Å²) < 4.78 is 26.2. The normalized spacial score (nSPS) is 13.1. The number of hydrogen-bond donors (Lipinski definition) is 1. The van der Waals surface area contributed by atoms with Crippen LogP contribution < -0.4 is 14.8 Å². The zero-order chi connectivity index (χ0) is 20.2. The summed E-state index contributed by atoms with van der Waals surface area (Å²) >= 11 is 3.25. The summed E-state index contributed by atoms with van der Waals surface area (Å²) in [4.78, 5) is 0. The molecule has 2 heterocycles. The second-order valence-corrected chi connectivity index (χ2v) is 7.20. The van der Waals surface area contributed by atoms with Crippen LogP contribution in [0.15, 0.2) is 51.3 Å². The molecule has 0 aliphatic carbocycles. The van der Waals surface area contributed by atoms with Crippen LogP contribution in [0, 0.1) is 5.82 Å². The standard InChI is InChI=1S/C19H18BrFN6O2/c1-28-17-10-14-12(8-18(17)29-7-6-27-5-4-22-26-27)11-23-25-19(14)24-16-3-2-13(20)9-15(16)21/h2-3,8-11H,4-7H2,1H3,(H,24,25). The van der Waals surface area contributed by atoms with Crippen molar-refractivity contribution in [1.29, 1.82) is 0 Å². The highest BCUT2D eigenvalue weighted by Crippen LogP contribution is 2.35. The molecular formula is C19H18BrFN6O2. The number of benzene rings is 2. The van der Waals surface area contributed by atoms with Crippen molar-refractivity contribution >= 4 is 38.2 Å². The number of ether oxygens (including phenoxy) is 2. The maximum Gasteiger partial charge on any atom is 0.161 e. The maximum absolute atomic E-state index is 14.2. The predicted octanol–water partition coefficient (Wildman–Crippen LogP) is 4.35. The highest BCUT2D eigenvalue weighted by molar-refractivity contribution is 9.10. The molecule has 0 unspecified atom stereocenters. The molecule has 150 valence electrons. The van der Waals surface area contributed by atoms with Crippen LogP contribution in [0.3, 0.4) is 0 Å². The minimum Gasteiger partial charge on any atom is -0.493 e. The molecule has 10 heteroatoms. The Morgan fingerprint density at radius 1 is 1.24 bits per heavy atom. The summed E-state index contributed by atoms with van der Waals surface area (Å²) in [5, 5.41) is 22.5. The van der Waals surface area contributed by atoms with E-state index in [-0.39, 0.29) is 0 Å². The van der Waals surface area contributed by atoms with Gasteiger partial charge in [0.15, 0.2) is 17.3 Å². The van der Waals surface area contributed by atoms with E-state index >= 15 is 0 Å². The summed E-state index contributed by atoms with van der Waals surface area (Å²) in [6.07, 6.45) is 1.62. The maximum atomic E-state index is 14.2. The van der Waals surface area contributed by atoms with Gasteiger partial charge < -0.3 is 14.8 Å². The highest BCUT2D eigenvalue weighted by Gasteiger charge is 2.14. The highest BCUT2D eigenvalue weighted by atomic mass is 79.9. The Morgan fingerprint density at radius 3 is 2.90 bits per heavy atom. The fraction of sp³-hybridized carbons (Fsp3) is 0.263. The molecule has 4 rings (SSSR count). The average Bonchev–Trinajstić information content (AvgIpc) is 3.23. The first-order valence-electron chi connectivity index (χ1n) is 8.95. The first-order valence-corrected chi connectivity index (χ1v) is 9.74. The van der Waals surface area contributed by atoms with Gasteiger partial charge in [0.1, 0.15) is 12.4 Å². The van der Waals surface area contributed by atoms with Crippen molar-refractivity contribution in [1.82, 2.24) is 15.2 Å². The minimum absolute atomic E-state index is 0.300. The minimum atomic E-state index is -0.399. The van der Waals surface area contributed by atoms with Crippen LogP contribution in [0.2, 0.25) is 0 Å². The van der Waals surface area contributed by atoms with Crippen LogP contribution in [0.1, 0.15) is 0 Å². The van der Waals surface area contributed by atoms with E-state index in [0.717, 1.165) is 17.3 Å². The molecule has 0 fully saturated rings. The van der Waals surface area contributed by atoms with Gasteiger partial charge in [-0.05, 0) is 30.3 Å². The number of nitrogens with one attached hydrogen (secondary N) is 1. The average molecular weight is 461 g/mol. The molecule has 8 nitrogen and oxygen atoms in total. The van der Waals surface area contributed by atoms with Crippen LogP contribution in [-0.2, 0) is 0 Å². The number of aromatic nitrogens is 2. The molecule has 0 amide bonds. The van der Waals surface area contributed by atoms with Gasteiger partial charge in [0.05, 0.1) is 38.6 Å². The molecule has 3 aromatic rings. The Balaban J connectivity index is 1.59. The number of fused-ring (bicyclic) bond motifs is 1. The second-order valence-electron chi connectivity index (χ2n) is 6.29. The fourth-order valence-electron chi connectivity index (χ4n) is 2.93. The molecular weight excluding hydrogens is 443 g/mol. The van der Waals surface area contributed by atoms with Crippen molar-refractivity contribution in [2.24, 2.45) is 10.3 Å². The quantitative estimate of drug-likeness (QED) is 0.564. The third-order valence-corrected chi connectivity index (χ3v) is 4.88. The molecule has 0 atom stereocenters. The molecule has 1 aliphatic rings. The second kappa shape index (κ2) is 8.56. The topological polar surface area (TPSA) is 84.2 Å². The van der Waals surface area contributed by atoms with E-state index in [9.17, 15) is 4.39 Å². The number of anilines is 2. The number of rotatable bonds is 7. The van der Waals surface area contributed by atoms with Gasteiger partial charge in [-0.3, -0.25) is 5.01 Å². The fourth-order valence-corrected chi connectivity index (χ4v) is 3.26. The van der Waals surface area contributed by atoms with Crippen molar-refractivity contribution in [2.45, 2.75) is 0 Å². The van der Waals surface area contributed by atoms with Gasteiger partial charge in [-0.25, -0.2) is 4.39 Å². The van der Waals surface area contributed by atoms with Crippen LogP contribution in [0.25, 0.3) is 10.8 Å². The predicted molar refractivity (Wildman–Crippen MR) is 110 cm³/mol. The van der Waals surface area contributed by atoms with E-state index in [1.807, 2.05) is 11.1 Å². The van der Waals surface area contributed by atoms with Gasteiger partial charge in [-0.1, -0.05) is 21.2 Å². The van der Waals surface area contributed by atoms with E-state index < -0.39 is 5.82 Å². The van der Waals surface area contributed by atoms with Gasteiger partial charge >= 0.3 is 0 Å². The molecule has 0 spiro atoms. The van der Waals surface area contributed by atoms with E-state index in [1.165, 1.54) is 6.07 Å². The van der Waals surface area contributed by atoms with Crippen LogP contribution in [-0.4, -0.2) is 48.6 Å². The van der Waals surface area contributed by atoms with E-state index in [2.05, 4.69) is 41.8 Å². The van der Waals surface area contributed by atoms with Gasteiger partial charge in [-0.2, -0.15) is 10.2 Å². The number of methoxy groups -OCH3 is 1.